The van der Waals surface area contributed by atoms with Crippen molar-refractivity contribution in [1.82, 2.24) is 10.2 Å². The fourth-order valence-corrected chi connectivity index (χ4v) is 4.24. The van der Waals surface area contributed by atoms with E-state index < -0.39 is 0 Å². The molecule has 3 aliphatic heterocycles. The molecule has 3 saturated heterocycles. The van der Waals surface area contributed by atoms with Gasteiger partial charge in [-0.05, 0) is 37.5 Å². The van der Waals surface area contributed by atoms with Gasteiger partial charge in [-0.3, -0.25) is 9.69 Å². The molecule has 3 fully saturated rings. The van der Waals surface area contributed by atoms with Gasteiger partial charge in [0.1, 0.15) is 0 Å². The number of hydrogen-bond donors (Lipinski definition) is 1. The number of benzene rings is 1. The highest BCUT2D eigenvalue weighted by atomic mass is 35.5. The number of anilines is 1. The lowest BCUT2D eigenvalue weighted by molar-refractivity contribution is -0.126. The van der Waals surface area contributed by atoms with E-state index in [0.717, 1.165) is 43.9 Å². The molecule has 1 aromatic rings. The van der Waals surface area contributed by atoms with Crippen LogP contribution in [0.4, 0.5) is 5.69 Å². The normalized spacial score (nSPS) is 30.0. The number of nitrogens with one attached hydrogen (secondary N) is 1. The lowest BCUT2D eigenvalue weighted by Crippen LogP contribution is -2.54. The zero-order valence-electron chi connectivity index (χ0n) is 12.0. The molecule has 4 rings (SSSR count). The molecule has 2 bridgehead atoms. The SMILES string of the molecule is O=C1N[C@H]2C[C@@H]1N(C1CCN(c3cccc(Cl)c3)CC1)C2. The van der Waals surface area contributed by atoms with Gasteiger partial charge in [0.25, 0.3) is 0 Å². The summed E-state index contributed by atoms with van der Waals surface area (Å²) in [5, 5.41) is 3.85. The maximum atomic E-state index is 11.8. The Kier molecular flexibility index (Phi) is 3.31. The highest BCUT2D eigenvalue weighted by Gasteiger charge is 2.46. The summed E-state index contributed by atoms with van der Waals surface area (Å²) in [4.78, 5) is 16.7. The van der Waals surface area contributed by atoms with Gasteiger partial charge in [0.15, 0.2) is 0 Å². The number of rotatable bonds is 2. The van der Waals surface area contributed by atoms with Crippen LogP contribution in [0.5, 0.6) is 0 Å². The van der Waals surface area contributed by atoms with E-state index >= 15 is 0 Å². The van der Waals surface area contributed by atoms with Gasteiger partial charge in [0.2, 0.25) is 5.91 Å². The summed E-state index contributed by atoms with van der Waals surface area (Å²) >= 11 is 6.08. The summed E-state index contributed by atoms with van der Waals surface area (Å²) in [7, 11) is 0. The van der Waals surface area contributed by atoms with Crippen LogP contribution in [0.3, 0.4) is 0 Å². The predicted molar refractivity (Wildman–Crippen MR) is 83.7 cm³/mol. The molecule has 21 heavy (non-hydrogen) atoms. The van der Waals surface area contributed by atoms with Gasteiger partial charge >= 0.3 is 0 Å². The van der Waals surface area contributed by atoms with Crippen LogP contribution in [0, 0.1) is 0 Å². The Bertz CT molecular complexity index is 556. The van der Waals surface area contributed by atoms with Crippen LogP contribution in [0.1, 0.15) is 19.3 Å². The highest BCUT2D eigenvalue weighted by Crippen LogP contribution is 2.31. The molecule has 0 unspecified atom stereocenters. The molecule has 5 heteroatoms. The third-order valence-electron chi connectivity index (χ3n) is 5.10. The minimum atomic E-state index is 0.137. The third kappa shape index (κ3) is 2.40. The van der Waals surface area contributed by atoms with E-state index in [1.165, 1.54) is 5.69 Å². The van der Waals surface area contributed by atoms with Crippen molar-refractivity contribution in [3.8, 4) is 0 Å². The molecular formula is C16H20ClN3O. The average molecular weight is 306 g/mol. The minimum Gasteiger partial charge on any atom is -0.371 e. The lowest BCUT2D eigenvalue weighted by Gasteiger charge is -2.40. The second kappa shape index (κ2) is 5.18. The van der Waals surface area contributed by atoms with Crippen LogP contribution >= 0.6 is 11.6 Å². The first-order chi connectivity index (χ1) is 10.2. The van der Waals surface area contributed by atoms with E-state index in [-0.39, 0.29) is 11.9 Å². The van der Waals surface area contributed by atoms with Crippen LogP contribution in [0.2, 0.25) is 5.02 Å². The fourth-order valence-electron chi connectivity index (χ4n) is 4.05. The number of amides is 1. The molecular weight excluding hydrogens is 286 g/mol. The van der Waals surface area contributed by atoms with Crippen molar-refractivity contribution >= 4 is 23.2 Å². The molecule has 1 amide bonds. The topological polar surface area (TPSA) is 35.6 Å². The van der Waals surface area contributed by atoms with Crippen LogP contribution in [0.15, 0.2) is 24.3 Å². The number of likely N-dealkylation sites (tertiary alicyclic amines) is 1. The molecule has 3 aliphatic rings. The highest BCUT2D eigenvalue weighted by molar-refractivity contribution is 6.30. The Balaban J connectivity index is 1.40. The number of hydrogen-bond acceptors (Lipinski definition) is 3. The summed E-state index contributed by atoms with van der Waals surface area (Å²) in [5.41, 5.74) is 1.21. The zero-order chi connectivity index (χ0) is 14.4. The number of fused-ring (bicyclic) bond motifs is 2. The minimum absolute atomic E-state index is 0.137. The summed E-state index contributed by atoms with van der Waals surface area (Å²) in [5.74, 6) is 0.239. The van der Waals surface area contributed by atoms with Crippen LogP contribution in [-0.4, -0.2) is 48.6 Å². The van der Waals surface area contributed by atoms with Crippen molar-refractivity contribution in [2.24, 2.45) is 0 Å². The molecule has 112 valence electrons. The fraction of sp³-hybridized carbons (Fsp3) is 0.562. The van der Waals surface area contributed by atoms with Crippen molar-refractivity contribution in [2.45, 2.75) is 37.4 Å². The molecule has 1 N–H and O–H groups in total. The van der Waals surface area contributed by atoms with Gasteiger partial charge in [0.05, 0.1) is 6.04 Å². The Labute approximate surface area is 130 Å². The van der Waals surface area contributed by atoms with E-state index in [4.69, 9.17) is 11.6 Å². The van der Waals surface area contributed by atoms with Crippen molar-refractivity contribution in [1.29, 1.82) is 0 Å². The van der Waals surface area contributed by atoms with Crippen molar-refractivity contribution in [3.63, 3.8) is 0 Å². The Morgan fingerprint density at radius 2 is 2.05 bits per heavy atom. The third-order valence-corrected chi connectivity index (χ3v) is 5.33. The molecule has 0 radical (unpaired) electrons. The van der Waals surface area contributed by atoms with Crippen molar-refractivity contribution < 1.29 is 4.79 Å². The molecule has 0 aliphatic carbocycles. The van der Waals surface area contributed by atoms with E-state index in [1.54, 1.807) is 0 Å². The summed E-state index contributed by atoms with van der Waals surface area (Å²) in [6.07, 6.45) is 3.26. The number of halogens is 1. The standard InChI is InChI=1S/C16H20ClN3O/c17-11-2-1-3-14(8-11)19-6-4-13(5-7-19)20-10-12-9-15(20)16(21)18-12/h1-3,8,12-13,15H,4-7,9-10H2,(H,18,21)/t12-,15-/m0/s1. The number of carbonyl (C=O) groups is 1. The second-order valence-corrected chi connectivity index (χ2v) is 6.79. The van der Waals surface area contributed by atoms with Crippen molar-refractivity contribution in [3.05, 3.63) is 29.3 Å². The first-order valence-electron chi connectivity index (χ1n) is 7.77. The van der Waals surface area contributed by atoms with Gasteiger partial charge in [-0.15, -0.1) is 0 Å². The molecule has 3 heterocycles. The van der Waals surface area contributed by atoms with Gasteiger partial charge < -0.3 is 10.2 Å². The smallest absolute Gasteiger partial charge is 0.237 e. The van der Waals surface area contributed by atoms with Gasteiger partial charge in [0, 0.05) is 42.4 Å². The molecule has 1 aromatic carbocycles. The molecule has 0 aromatic heterocycles. The Morgan fingerprint density at radius 1 is 1.24 bits per heavy atom. The monoisotopic (exact) mass is 305 g/mol. The zero-order valence-corrected chi connectivity index (χ0v) is 12.7. The van der Waals surface area contributed by atoms with E-state index in [0.29, 0.717) is 12.1 Å². The molecule has 0 saturated carbocycles. The van der Waals surface area contributed by atoms with Crippen LogP contribution in [-0.2, 0) is 4.79 Å². The predicted octanol–water partition coefficient (Wildman–Crippen LogP) is 1.88. The Morgan fingerprint density at radius 3 is 2.71 bits per heavy atom. The number of nitrogens with zero attached hydrogens (tertiary/aromatic N) is 2. The van der Waals surface area contributed by atoms with E-state index in [2.05, 4.69) is 21.2 Å². The van der Waals surface area contributed by atoms with Gasteiger partial charge in [-0.2, -0.15) is 0 Å². The first-order valence-corrected chi connectivity index (χ1v) is 8.15. The first kappa shape index (κ1) is 13.4. The quantitative estimate of drug-likeness (QED) is 0.906. The summed E-state index contributed by atoms with van der Waals surface area (Å²) < 4.78 is 0. The van der Waals surface area contributed by atoms with E-state index in [9.17, 15) is 4.79 Å². The van der Waals surface area contributed by atoms with Crippen LogP contribution < -0.4 is 10.2 Å². The molecule has 2 atom stereocenters. The number of carbonyl (C=O) groups excluding carboxylic acids is 1. The summed E-state index contributed by atoms with van der Waals surface area (Å²) in [6, 6.07) is 9.17. The summed E-state index contributed by atoms with van der Waals surface area (Å²) in [6.45, 7) is 3.12. The maximum Gasteiger partial charge on any atom is 0.237 e. The van der Waals surface area contributed by atoms with Crippen molar-refractivity contribution in [2.75, 3.05) is 24.5 Å². The number of piperazine rings is 1. The number of piperidine rings is 1. The van der Waals surface area contributed by atoms with Crippen LogP contribution in [0.25, 0.3) is 0 Å². The molecule has 4 nitrogen and oxygen atoms in total. The average Bonchev–Trinajstić information content (AvgIpc) is 3.06. The maximum absolute atomic E-state index is 11.8. The largest absolute Gasteiger partial charge is 0.371 e. The lowest BCUT2D eigenvalue weighted by atomic mass is 10.0. The van der Waals surface area contributed by atoms with Gasteiger partial charge in [-0.1, -0.05) is 17.7 Å². The molecule has 0 spiro atoms. The van der Waals surface area contributed by atoms with E-state index in [1.807, 2.05) is 18.2 Å². The van der Waals surface area contributed by atoms with Gasteiger partial charge in [-0.25, -0.2) is 0 Å². The Hall–Kier alpha value is -1.26. The second-order valence-electron chi connectivity index (χ2n) is 6.35.